The molecule has 0 fully saturated rings. The Hall–Kier alpha value is -2.07. The molecule has 0 saturated heterocycles. The van der Waals surface area contributed by atoms with Gasteiger partial charge in [0.25, 0.3) is 0 Å². The third-order valence-electron chi connectivity index (χ3n) is 3.46. The summed E-state index contributed by atoms with van der Waals surface area (Å²) >= 11 is 1.22. The van der Waals surface area contributed by atoms with Crippen LogP contribution in [0.3, 0.4) is 0 Å². The van der Waals surface area contributed by atoms with Crippen LogP contribution < -0.4 is 11.5 Å². The van der Waals surface area contributed by atoms with E-state index in [-0.39, 0.29) is 12.1 Å². The lowest BCUT2D eigenvalue weighted by Crippen LogP contribution is -2.47. The van der Waals surface area contributed by atoms with Gasteiger partial charge in [-0.15, -0.1) is 11.8 Å². The van der Waals surface area contributed by atoms with E-state index in [2.05, 4.69) is 4.99 Å². The number of carbonyl (C=O) groups excluding carboxylic acids is 2. The molecular weight excluding hydrogens is 324 g/mol. The maximum Gasteiger partial charge on any atom is 0.353 e. The van der Waals surface area contributed by atoms with Gasteiger partial charge in [-0.3, -0.25) is 14.6 Å². The standard InChI is InChI=1S/C13H20N4O5S/c1-7(19)10(12(15)20)8-4-9(23-3-2-16-5-14)11(13(21)22)17(8)6-18/h5-8,10,19H,2-4H2,1H3,(H2,14,16)(H2,15,20)(H,21,22)/t7-,8-,10-/m1/s1. The maximum absolute atomic E-state index is 11.6. The number of thioether (sulfide) groups is 1. The van der Waals surface area contributed by atoms with Crippen molar-refractivity contribution in [2.75, 3.05) is 12.3 Å². The minimum Gasteiger partial charge on any atom is -0.477 e. The number of aliphatic carboxylic acids is 1. The Morgan fingerprint density at radius 1 is 1.57 bits per heavy atom. The van der Waals surface area contributed by atoms with Crippen molar-refractivity contribution in [1.29, 1.82) is 0 Å². The quantitative estimate of drug-likeness (QED) is 0.175. The van der Waals surface area contributed by atoms with E-state index in [1.807, 2.05) is 0 Å². The van der Waals surface area contributed by atoms with Crippen molar-refractivity contribution < 1.29 is 24.6 Å². The summed E-state index contributed by atoms with van der Waals surface area (Å²) in [5.74, 6) is -2.66. The van der Waals surface area contributed by atoms with Gasteiger partial charge in [-0.25, -0.2) is 4.79 Å². The third-order valence-corrected chi connectivity index (χ3v) is 4.55. The lowest BCUT2D eigenvalue weighted by molar-refractivity contribution is -0.139. The highest BCUT2D eigenvalue weighted by molar-refractivity contribution is 8.03. The van der Waals surface area contributed by atoms with Gasteiger partial charge in [0.05, 0.1) is 30.9 Å². The second-order valence-electron chi connectivity index (χ2n) is 4.93. The molecular formula is C13H20N4O5S. The Morgan fingerprint density at radius 2 is 2.22 bits per heavy atom. The SMILES string of the molecule is C[C@@H](O)[C@@H](C(N)=O)[C@H]1CC(SCCN=CN)=C(C(=O)O)N1C=O. The van der Waals surface area contributed by atoms with Crippen molar-refractivity contribution in [2.24, 2.45) is 22.4 Å². The number of carboxylic acid groups (broad SMARTS) is 1. The van der Waals surface area contributed by atoms with Crippen molar-refractivity contribution in [3.8, 4) is 0 Å². The largest absolute Gasteiger partial charge is 0.477 e. The van der Waals surface area contributed by atoms with Crippen molar-refractivity contribution in [3.05, 3.63) is 10.6 Å². The zero-order chi connectivity index (χ0) is 17.6. The fraction of sp³-hybridized carbons (Fsp3) is 0.538. The minimum absolute atomic E-state index is 0.135. The third kappa shape index (κ3) is 4.45. The minimum atomic E-state index is -1.28. The van der Waals surface area contributed by atoms with Gasteiger partial charge >= 0.3 is 5.97 Å². The lowest BCUT2D eigenvalue weighted by Gasteiger charge is -2.29. The summed E-state index contributed by atoms with van der Waals surface area (Å²) in [5, 5.41) is 19.1. The van der Waals surface area contributed by atoms with Gasteiger partial charge in [0.1, 0.15) is 5.70 Å². The predicted molar refractivity (Wildman–Crippen MR) is 85.3 cm³/mol. The molecule has 0 aromatic carbocycles. The number of carbonyl (C=O) groups is 3. The van der Waals surface area contributed by atoms with Gasteiger partial charge in [-0.2, -0.15) is 0 Å². The maximum atomic E-state index is 11.6. The van der Waals surface area contributed by atoms with Gasteiger partial charge in [-0.1, -0.05) is 0 Å². The van der Waals surface area contributed by atoms with Crippen LogP contribution in [0.1, 0.15) is 13.3 Å². The molecule has 0 bridgehead atoms. The number of primary amides is 1. The summed E-state index contributed by atoms with van der Waals surface area (Å²) in [5.41, 5.74) is 10.2. The van der Waals surface area contributed by atoms with Crippen LogP contribution in [0.2, 0.25) is 0 Å². The second kappa shape index (κ2) is 8.53. The van der Waals surface area contributed by atoms with Crippen LogP contribution in [0.5, 0.6) is 0 Å². The van der Waals surface area contributed by atoms with Gasteiger partial charge in [0.15, 0.2) is 0 Å². The topological polar surface area (TPSA) is 159 Å². The summed E-state index contributed by atoms with van der Waals surface area (Å²) < 4.78 is 0. The van der Waals surface area contributed by atoms with E-state index in [1.54, 1.807) is 0 Å². The number of hydrogen-bond donors (Lipinski definition) is 4. The Balaban J connectivity index is 3.06. The fourth-order valence-electron chi connectivity index (χ4n) is 2.53. The van der Waals surface area contributed by atoms with E-state index in [1.165, 1.54) is 18.7 Å². The van der Waals surface area contributed by atoms with Crippen LogP contribution in [-0.2, 0) is 14.4 Å². The predicted octanol–water partition coefficient (Wildman–Crippen LogP) is -1.28. The average molecular weight is 344 g/mol. The van der Waals surface area contributed by atoms with Crippen molar-refractivity contribution >= 4 is 36.4 Å². The van der Waals surface area contributed by atoms with E-state index in [0.29, 0.717) is 23.6 Å². The molecule has 10 heteroatoms. The van der Waals surface area contributed by atoms with E-state index >= 15 is 0 Å². The molecule has 1 aliphatic rings. The van der Waals surface area contributed by atoms with Crippen LogP contribution in [0.4, 0.5) is 0 Å². The number of amides is 2. The first-order valence-corrected chi connectivity index (χ1v) is 7.84. The number of hydrogen-bond acceptors (Lipinski definition) is 6. The van der Waals surface area contributed by atoms with Crippen molar-refractivity contribution in [2.45, 2.75) is 25.5 Å². The molecule has 0 saturated carbocycles. The average Bonchev–Trinajstić information content (AvgIpc) is 2.81. The molecule has 0 aromatic rings. The Labute approximate surface area is 137 Å². The normalized spacial score (nSPS) is 20.8. The second-order valence-corrected chi connectivity index (χ2v) is 6.12. The van der Waals surface area contributed by atoms with Gasteiger partial charge in [0, 0.05) is 17.1 Å². The molecule has 0 radical (unpaired) electrons. The number of aliphatic imine (C=N–C) groups is 1. The monoisotopic (exact) mass is 344 g/mol. The lowest BCUT2D eigenvalue weighted by atomic mass is 9.92. The van der Waals surface area contributed by atoms with Crippen LogP contribution in [0, 0.1) is 5.92 Å². The zero-order valence-corrected chi connectivity index (χ0v) is 13.4. The summed E-state index contributed by atoms with van der Waals surface area (Å²) in [6, 6.07) is -0.823. The molecule has 0 aliphatic carbocycles. The van der Waals surface area contributed by atoms with E-state index in [4.69, 9.17) is 11.5 Å². The molecule has 0 spiro atoms. The first-order chi connectivity index (χ1) is 10.8. The summed E-state index contributed by atoms with van der Waals surface area (Å²) in [4.78, 5) is 39.6. The van der Waals surface area contributed by atoms with Gasteiger partial charge in [0.2, 0.25) is 12.3 Å². The zero-order valence-electron chi connectivity index (χ0n) is 12.6. The highest BCUT2D eigenvalue weighted by Crippen LogP contribution is 2.38. The highest BCUT2D eigenvalue weighted by atomic mass is 32.2. The van der Waals surface area contributed by atoms with Gasteiger partial charge in [-0.05, 0) is 6.92 Å². The molecule has 128 valence electrons. The number of aliphatic hydroxyl groups excluding tert-OH is 1. The van der Waals surface area contributed by atoms with Crippen LogP contribution in [0.25, 0.3) is 0 Å². The van der Waals surface area contributed by atoms with Crippen LogP contribution in [-0.4, -0.2) is 64.2 Å². The molecule has 0 unspecified atom stereocenters. The number of nitrogens with two attached hydrogens (primary N) is 2. The smallest absolute Gasteiger partial charge is 0.353 e. The van der Waals surface area contributed by atoms with Crippen LogP contribution >= 0.6 is 11.8 Å². The molecule has 6 N–H and O–H groups in total. The molecule has 1 heterocycles. The number of nitrogens with zero attached hydrogens (tertiary/aromatic N) is 2. The van der Waals surface area contributed by atoms with E-state index < -0.39 is 29.9 Å². The van der Waals surface area contributed by atoms with Crippen molar-refractivity contribution in [1.82, 2.24) is 4.90 Å². The number of carboxylic acids is 1. The highest BCUT2D eigenvalue weighted by Gasteiger charge is 2.43. The van der Waals surface area contributed by atoms with Crippen LogP contribution in [0.15, 0.2) is 15.6 Å². The fourth-order valence-corrected chi connectivity index (χ4v) is 3.59. The Morgan fingerprint density at radius 3 is 2.65 bits per heavy atom. The van der Waals surface area contributed by atoms with Gasteiger partial charge < -0.3 is 26.6 Å². The molecule has 3 atom stereocenters. The van der Waals surface area contributed by atoms with E-state index in [9.17, 15) is 24.6 Å². The summed E-state index contributed by atoms with van der Waals surface area (Å²) in [6.07, 6.45) is 0.522. The Bertz CT molecular complexity index is 534. The molecule has 1 rings (SSSR count). The first-order valence-electron chi connectivity index (χ1n) is 6.85. The number of rotatable bonds is 9. The molecule has 0 aromatic heterocycles. The molecule has 1 aliphatic heterocycles. The summed E-state index contributed by atoms with van der Waals surface area (Å²) in [7, 11) is 0. The van der Waals surface area contributed by atoms with Crippen molar-refractivity contribution in [3.63, 3.8) is 0 Å². The van der Waals surface area contributed by atoms with E-state index in [0.717, 1.165) is 11.2 Å². The molecule has 9 nitrogen and oxygen atoms in total. The Kier molecular flexibility index (Phi) is 7.04. The number of aliphatic hydroxyl groups is 1. The molecule has 2 amide bonds. The molecule has 23 heavy (non-hydrogen) atoms. The summed E-state index contributed by atoms with van der Waals surface area (Å²) in [6.45, 7) is 1.76. The first kappa shape index (κ1) is 19.0.